The minimum absolute atomic E-state index is 0.0184. The average molecular weight is 371 g/mol. The van der Waals surface area contributed by atoms with Crippen molar-refractivity contribution in [3.63, 3.8) is 0 Å². The van der Waals surface area contributed by atoms with Gasteiger partial charge in [-0.25, -0.2) is 4.39 Å². The fourth-order valence-corrected chi connectivity index (χ4v) is 3.48. The number of piperidine rings is 1. The van der Waals surface area contributed by atoms with Crippen LogP contribution in [0.1, 0.15) is 28.8 Å². The summed E-state index contributed by atoms with van der Waals surface area (Å²) in [6.45, 7) is 2.79. The standard InChI is InChI=1S/C21H22FNO4/c22-18-6-4-16(5-7-18)15-25-19-3-1-2-17(14-19)20(24)23-10-8-21(9-11-23)26-12-13-27-21/h1-7,14H,8-13,15H2. The monoisotopic (exact) mass is 371 g/mol. The van der Waals surface area contributed by atoms with Crippen LogP contribution in [0, 0.1) is 5.82 Å². The van der Waals surface area contributed by atoms with Crippen molar-refractivity contribution < 1.29 is 23.4 Å². The molecule has 1 amide bonds. The molecule has 2 aliphatic rings. The summed E-state index contributed by atoms with van der Waals surface area (Å²) < 4.78 is 30.1. The maximum absolute atomic E-state index is 13.0. The van der Waals surface area contributed by atoms with E-state index < -0.39 is 5.79 Å². The second-order valence-corrected chi connectivity index (χ2v) is 6.84. The predicted octanol–water partition coefficient (Wildman–Crippen LogP) is 3.38. The van der Waals surface area contributed by atoms with Gasteiger partial charge >= 0.3 is 0 Å². The van der Waals surface area contributed by atoms with E-state index in [0.717, 1.165) is 5.56 Å². The summed E-state index contributed by atoms with van der Waals surface area (Å²) >= 11 is 0. The van der Waals surface area contributed by atoms with Crippen LogP contribution >= 0.6 is 0 Å². The number of carbonyl (C=O) groups is 1. The summed E-state index contributed by atoms with van der Waals surface area (Å²) in [6.07, 6.45) is 1.39. The molecule has 0 bridgehead atoms. The van der Waals surface area contributed by atoms with Gasteiger partial charge in [0, 0.05) is 31.5 Å². The van der Waals surface area contributed by atoms with Crippen molar-refractivity contribution in [1.82, 2.24) is 4.90 Å². The van der Waals surface area contributed by atoms with Crippen LogP contribution in [0.4, 0.5) is 4.39 Å². The average Bonchev–Trinajstić information content (AvgIpc) is 3.16. The molecule has 1 spiro atoms. The summed E-state index contributed by atoms with van der Waals surface area (Å²) in [4.78, 5) is 14.6. The van der Waals surface area contributed by atoms with E-state index in [-0.39, 0.29) is 11.7 Å². The van der Waals surface area contributed by atoms with Crippen LogP contribution in [0.2, 0.25) is 0 Å². The van der Waals surface area contributed by atoms with Crippen LogP contribution in [0.3, 0.4) is 0 Å². The maximum Gasteiger partial charge on any atom is 0.253 e. The van der Waals surface area contributed by atoms with Crippen LogP contribution in [0.15, 0.2) is 48.5 Å². The molecule has 27 heavy (non-hydrogen) atoms. The van der Waals surface area contributed by atoms with Gasteiger partial charge in [0.25, 0.3) is 5.91 Å². The molecular weight excluding hydrogens is 349 g/mol. The third-order valence-corrected chi connectivity index (χ3v) is 5.03. The summed E-state index contributed by atoms with van der Waals surface area (Å²) in [7, 11) is 0. The van der Waals surface area contributed by atoms with Crippen molar-refractivity contribution in [2.75, 3.05) is 26.3 Å². The Labute approximate surface area is 157 Å². The van der Waals surface area contributed by atoms with Crippen molar-refractivity contribution in [2.45, 2.75) is 25.2 Å². The molecule has 6 heteroatoms. The molecule has 142 valence electrons. The lowest BCUT2D eigenvalue weighted by atomic mass is 10.0. The van der Waals surface area contributed by atoms with Crippen LogP contribution in [-0.2, 0) is 16.1 Å². The summed E-state index contributed by atoms with van der Waals surface area (Å²) in [5, 5.41) is 0. The molecule has 2 saturated heterocycles. The molecule has 4 rings (SSSR count). The highest BCUT2D eigenvalue weighted by atomic mass is 19.1. The Morgan fingerprint density at radius 2 is 1.78 bits per heavy atom. The number of hydrogen-bond acceptors (Lipinski definition) is 4. The van der Waals surface area contributed by atoms with Crippen molar-refractivity contribution in [3.8, 4) is 5.75 Å². The van der Waals surface area contributed by atoms with Gasteiger partial charge in [-0.1, -0.05) is 18.2 Å². The number of carbonyl (C=O) groups excluding carboxylic acids is 1. The third-order valence-electron chi connectivity index (χ3n) is 5.03. The molecule has 0 unspecified atom stereocenters. The molecule has 0 aliphatic carbocycles. The van der Waals surface area contributed by atoms with Crippen LogP contribution in [-0.4, -0.2) is 42.9 Å². The first-order chi connectivity index (χ1) is 13.1. The quantitative estimate of drug-likeness (QED) is 0.827. The van der Waals surface area contributed by atoms with Gasteiger partial charge in [-0.05, 0) is 35.9 Å². The van der Waals surface area contributed by atoms with E-state index in [2.05, 4.69) is 0 Å². The van der Waals surface area contributed by atoms with Crippen LogP contribution < -0.4 is 4.74 Å². The Balaban J connectivity index is 1.37. The Morgan fingerprint density at radius 3 is 2.48 bits per heavy atom. The maximum atomic E-state index is 13.0. The molecule has 2 fully saturated rings. The molecule has 2 aromatic carbocycles. The van der Waals surface area contributed by atoms with Gasteiger partial charge in [0.15, 0.2) is 5.79 Å². The number of amides is 1. The predicted molar refractivity (Wildman–Crippen MR) is 96.9 cm³/mol. The first-order valence-corrected chi connectivity index (χ1v) is 9.18. The normalized spacial score (nSPS) is 18.6. The number of halogens is 1. The number of nitrogens with zero attached hydrogens (tertiary/aromatic N) is 1. The number of benzene rings is 2. The van der Waals surface area contributed by atoms with E-state index in [0.29, 0.717) is 57.1 Å². The second-order valence-electron chi connectivity index (χ2n) is 6.84. The first-order valence-electron chi connectivity index (χ1n) is 9.18. The Hall–Kier alpha value is -2.44. The number of hydrogen-bond donors (Lipinski definition) is 0. The largest absolute Gasteiger partial charge is 0.489 e. The van der Waals surface area contributed by atoms with Gasteiger partial charge in [-0.2, -0.15) is 0 Å². The van der Waals surface area contributed by atoms with E-state index in [1.165, 1.54) is 12.1 Å². The van der Waals surface area contributed by atoms with Crippen LogP contribution in [0.5, 0.6) is 5.75 Å². The van der Waals surface area contributed by atoms with E-state index in [4.69, 9.17) is 14.2 Å². The van der Waals surface area contributed by atoms with Gasteiger partial charge in [0.05, 0.1) is 13.2 Å². The van der Waals surface area contributed by atoms with Gasteiger partial charge < -0.3 is 19.1 Å². The number of rotatable bonds is 4. The first kappa shape index (κ1) is 17.9. The van der Waals surface area contributed by atoms with E-state index in [1.807, 2.05) is 17.0 Å². The minimum atomic E-state index is -0.489. The lowest BCUT2D eigenvalue weighted by Crippen LogP contribution is -2.47. The number of ether oxygens (including phenoxy) is 3. The fraction of sp³-hybridized carbons (Fsp3) is 0.381. The highest BCUT2D eigenvalue weighted by Gasteiger charge is 2.40. The van der Waals surface area contributed by atoms with Crippen molar-refractivity contribution in [2.24, 2.45) is 0 Å². The van der Waals surface area contributed by atoms with E-state index in [9.17, 15) is 9.18 Å². The lowest BCUT2D eigenvalue weighted by Gasteiger charge is -2.37. The van der Waals surface area contributed by atoms with Crippen LogP contribution in [0.25, 0.3) is 0 Å². The van der Waals surface area contributed by atoms with Crippen molar-refractivity contribution >= 4 is 5.91 Å². The zero-order chi connectivity index (χ0) is 18.7. The zero-order valence-electron chi connectivity index (χ0n) is 15.0. The Bertz CT molecular complexity index is 792. The van der Waals surface area contributed by atoms with E-state index in [1.54, 1.807) is 24.3 Å². The van der Waals surface area contributed by atoms with Gasteiger partial charge in [-0.15, -0.1) is 0 Å². The summed E-state index contributed by atoms with van der Waals surface area (Å²) in [5.74, 6) is -0.170. The minimum Gasteiger partial charge on any atom is -0.489 e. The van der Waals surface area contributed by atoms with E-state index >= 15 is 0 Å². The topological polar surface area (TPSA) is 48.0 Å². The highest BCUT2D eigenvalue weighted by Crippen LogP contribution is 2.32. The lowest BCUT2D eigenvalue weighted by molar-refractivity contribution is -0.181. The molecule has 0 atom stereocenters. The molecule has 0 aromatic heterocycles. The van der Waals surface area contributed by atoms with Gasteiger partial charge in [0.2, 0.25) is 0 Å². The van der Waals surface area contributed by atoms with Crippen molar-refractivity contribution in [1.29, 1.82) is 0 Å². The molecule has 2 heterocycles. The zero-order valence-corrected chi connectivity index (χ0v) is 15.0. The molecule has 0 saturated carbocycles. The second kappa shape index (κ2) is 7.66. The summed E-state index contributed by atoms with van der Waals surface area (Å²) in [5.41, 5.74) is 1.46. The molecule has 0 radical (unpaired) electrons. The molecule has 2 aliphatic heterocycles. The fourth-order valence-electron chi connectivity index (χ4n) is 3.48. The summed E-state index contributed by atoms with van der Waals surface area (Å²) in [6, 6.07) is 13.3. The van der Waals surface area contributed by atoms with Gasteiger partial charge in [-0.3, -0.25) is 4.79 Å². The highest BCUT2D eigenvalue weighted by molar-refractivity contribution is 5.94. The van der Waals surface area contributed by atoms with Gasteiger partial charge in [0.1, 0.15) is 18.2 Å². The molecule has 0 N–H and O–H groups in total. The smallest absolute Gasteiger partial charge is 0.253 e. The van der Waals surface area contributed by atoms with Crippen molar-refractivity contribution in [3.05, 3.63) is 65.5 Å². The SMILES string of the molecule is O=C(c1cccc(OCc2ccc(F)cc2)c1)N1CCC2(CC1)OCCO2. The number of likely N-dealkylation sites (tertiary alicyclic amines) is 1. The molecular formula is C21H22FNO4. The Kier molecular flexibility index (Phi) is 5.09. The third kappa shape index (κ3) is 4.12. The Morgan fingerprint density at radius 1 is 1.07 bits per heavy atom. The molecule has 5 nitrogen and oxygen atoms in total. The molecule has 2 aromatic rings.